The van der Waals surface area contributed by atoms with Gasteiger partial charge in [-0.15, -0.1) is 6.58 Å². The summed E-state index contributed by atoms with van der Waals surface area (Å²) in [5.41, 5.74) is 0.0734. The Balaban J connectivity index is 2.44. The van der Waals surface area contributed by atoms with Gasteiger partial charge in [0.2, 0.25) is 0 Å². The fraction of sp³-hybridized carbons (Fsp3) is 0.167. The smallest absolute Gasteiger partial charge is 0.343 e. The van der Waals surface area contributed by atoms with Crippen molar-refractivity contribution in [3.8, 4) is 0 Å². The molecule has 2 aromatic rings. The first-order valence-electron chi connectivity index (χ1n) is 7.89. The number of nitrogens with one attached hydrogen (secondary N) is 1. The molecule has 10 heteroatoms. The lowest BCUT2D eigenvalue weighted by atomic mass is 10.2. The fourth-order valence-corrected chi connectivity index (χ4v) is 4.24. The molecule has 0 fully saturated rings. The summed E-state index contributed by atoms with van der Waals surface area (Å²) in [6.45, 7) is 1.92. The van der Waals surface area contributed by atoms with Crippen molar-refractivity contribution in [3.63, 3.8) is 0 Å². The monoisotopic (exact) mass is 432 g/mol. The Labute approximate surface area is 165 Å². The molecule has 0 saturated heterocycles. The van der Waals surface area contributed by atoms with E-state index in [9.17, 15) is 26.4 Å². The van der Waals surface area contributed by atoms with Crippen LogP contribution in [0.25, 0.3) is 0 Å². The Morgan fingerprint density at radius 3 is 2.39 bits per heavy atom. The van der Waals surface area contributed by atoms with Gasteiger partial charge in [0, 0.05) is 5.56 Å². The lowest BCUT2D eigenvalue weighted by Crippen LogP contribution is -2.34. The minimum atomic E-state index is -4.59. The molecule has 5 nitrogen and oxygen atoms in total. The highest BCUT2D eigenvalue weighted by Gasteiger charge is 2.30. The van der Waals surface area contributed by atoms with Crippen LogP contribution in [0.15, 0.2) is 66.1 Å². The van der Waals surface area contributed by atoms with Crippen molar-refractivity contribution in [2.45, 2.75) is 11.1 Å². The molecule has 0 heterocycles. The van der Waals surface area contributed by atoms with E-state index in [0.29, 0.717) is 5.69 Å². The molecule has 1 N–H and O–H groups in total. The quantitative estimate of drug-likeness (QED) is 0.672. The summed E-state index contributed by atoms with van der Waals surface area (Å²) in [5, 5.41) is 1.52. The maximum absolute atomic E-state index is 13.1. The van der Waals surface area contributed by atoms with E-state index in [-0.39, 0.29) is 17.1 Å². The second-order valence-corrected chi connectivity index (χ2v) is 7.84. The summed E-state index contributed by atoms with van der Waals surface area (Å²) in [6.07, 6.45) is -3.22. The van der Waals surface area contributed by atoms with Crippen LogP contribution in [0, 0.1) is 0 Å². The van der Waals surface area contributed by atoms with Gasteiger partial charge in [-0.1, -0.05) is 35.9 Å². The Hall–Kier alpha value is -2.52. The third kappa shape index (κ3) is 5.26. The van der Waals surface area contributed by atoms with E-state index < -0.39 is 33.5 Å². The Kier molecular flexibility index (Phi) is 6.73. The third-order valence-electron chi connectivity index (χ3n) is 3.55. The summed E-state index contributed by atoms with van der Waals surface area (Å²) in [7, 11) is -4.22. The van der Waals surface area contributed by atoms with Crippen molar-refractivity contribution < 1.29 is 26.4 Å². The topological polar surface area (TPSA) is 66.5 Å². The maximum atomic E-state index is 13.1. The van der Waals surface area contributed by atoms with Gasteiger partial charge in [0.05, 0.1) is 17.3 Å². The predicted octanol–water partition coefficient (Wildman–Crippen LogP) is 4.01. The van der Waals surface area contributed by atoms with Crippen molar-refractivity contribution in [1.82, 2.24) is 5.32 Å². The molecule has 2 aromatic carbocycles. The predicted molar refractivity (Wildman–Crippen MR) is 101 cm³/mol. The van der Waals surface area contributed by atoms with E-state index >= 15 is 0 Å². The second-order valence-electron chi connectivity index (χ2n) is 5.60. The van der Waals surface area contributed by atoms with Gasteiger partial charge in [0.25, 0.3) is 15.9 Å². The largest absolute Gasteiger partial charge is 0.405 e. The molecule has 0 radical (unpaired) electrons. The highest BCUT2D eigenvalue weighted by molar-refractivity contribution is 7.93. The molecule has 0 bridgehead atoms. The first-order chi connectivity index (χ1) is 13.1. The molecule has 150 valence electrons. The average molecular weight is 433 g/mol. The maximum Gasteiger partial charge on any atom is 0.405 e. The molecule has 2 rings (SSSR count). The second kappa shape index (κ2) is 8.66. The average Bonchev–Trinajstić information content (AvgIpc) is 2.64. The number of hydrogen-bond acceptors (Lipinski definition) is 3. The number of amides is 1. The van der Waals surface area contributed by atoms with Gasteiger partial charge in [-0.05, 0) is 30.3 Å². The van der Waals surface area contributed by atoms with E-state index in [0.717, 1.165) is 22.5 Å². The Morgan fingerprint density at radius 2 is 1.82 bits per heavy atom. The normalized spacial score (nSPS) is 11.7. The van der Waals surface area contributed by atoms with Crippen LogP contribution in [-0.2, 0) is 10.0 Å². The lowest BCUT2D eigenvalue weighted by molar-refractivity contribution is -0.123. The van der Waals surface area contributed by atoms with Crippen LogP contribution in [0.4, 0.5) is 18.9 Å². The molecule has 28 heavy (non-hydrogen) atoms. The summed E-state index contributed by atoms with van der Waals surface area (Å²) >= 11 is 6.02. The zero-order chi connectivity index (χ0) is 20.9. The number of anilines is 1. The summed E-state index contributed by atoms with van der Waals surface area (Å²) in [5.74, 6) is -1.07. The highest BCUT2D eigenvalue weighted by Crippen LogP contribution is 2.29. The zero-order valence-electron chi connectivity index (χ0n) is 14.4. The van der Waals surface area contributed by atoms with Crippen molar-refractivity contribution in [1.29, 1.82) is 0 Å². The van der Waals surface area contributed by atoms with E-state index in [1.807, 2.05) is 0 Å². The summed E-state index contributed by atoms with van der Waals surface area (Å²) < 4.78 is 64.1. The van der Waals surface area contributed by atoms with E-state index in [1.165, 1.54) is 6.08 Å². The number of para-hydroxylation sites is 1. The number of nitrogens with zero attached hydrogens (tertiary/aromatic N) is 1. The molecule has 1 amide bonds. The molecule has 0 unspecified atom stereocenters. The molecule has 0 aliphatic carbocycles. The van der Waals surface area contributed by atoms with Crippen LogP contribution in [-0.4, -0.2) is 33.6 Å². The van der Waals surface area contributed by atoms with Gasteiger partial charge in [0.1, 0.15) is 11.4 Å². The number of halogens is 4. The van der Waals surface area contributed by atoms with Crippen LogP contribution >= 0.6 is 11.6 Å². The minimum absolute atomic E-state index is 0.0762. The van der Waals surface area contributed by atoms with Gasteiger partial charge >= 0.3 is 6.18 Å². The molecule has 0 aliphatic heterocycles. The number of benzene rings is 2. The molecule has 0 aliphatic rings. The van der Waals surface area contributed by atoms with Crippen molar-refractivity contribution >= 4 is 33.2 Å². The van der Waals surface area contributed by atoms with E-state index in [2.05, 4.69) is 6.58 Å². The summed E-state index contributed by atoms with van der Waals surface area (Å²) in [4.78, 5) is 11.6. The first-order valence-corrected chi connectivity index (χ1v) is 9.71. The van der Waals surface area contributed by atoms with Gasteiger partial charge in [-0.25, -0.2) is 8.42 Å². The minimum Gasteiger partial charge on any atom is -0.343 e. The van der Waals surface area contributed by atoms with Crippen LogP contribution in [0.5, 0.6) is 0 Å². The molecule has 0 aromatic heterocycles. The molecular weight excluding hydrogens is 417 g/mol. The van der Waals surface area contributed by atoms with Crippen LogP contribution < -0.4 is 9.62 Å². The van der Waals surface area contributed by atoms with E-state index in [4.69, 9.17) is 11.6 Å². The Bertz CT molecular complexity index is 964. The van der Waals surface area contributed by atoms with Crippen LogP contribution in [0.3, 0.4) is 0 Å². The van der Waals surface area contributed by atoms with Gasteiger partial charge in [0.15, 0.2) is 0 Å². The van der Waals surface area contributed by atoms with Gasteiger partial charge < -0.3 is 5.32 Å². The standard InChI is InChI=1S/C18H16ClF3N2O3S/c1-2-10-24(14-6-4-3-5-7-14)28(26,27)16-11-13(8-9-15(16)19)17(25)23-12-18(20,21)22/h2-9,11H,1,10,12H2,(H,23,25). The number of hydrogen-bond donors (Lipinski definition) is 1. The third-order valence-corrected chi connectivity index (χ3v) is 5.83. The van der Waals surface area contributed by atoms with Crippen molar-refractivity contribution in [3.05, 3.63) is 71.8 Å². The van der Waals surface area contributed by atoms with Gasteiger partial charge in [-0.3, -0.25) is 9.10 Å². The molecule has 0 spiro atoms. The number of carbonyl (C=O) groups excluding carboxylic acids is 1. The lowest BCUT2D eigenvalue weighted by Gasteiger charge is -2.24. The van der Waals surface area contributed by atoms with Crippen molar-refractivity contribution in [2.75, 3.05) is 17.4 Å². The molecular formula is C18H16ClF3N2O3S. The zero-order valence-corrected chi connectivity index (χ0v) is 16.0. The van der Waals surface area contributed by atoms with Crippen LogP contribution in [0.2, 0.25) is 5.02 Å². The fourth-order valence-electron chi connectivity index (χ4n) is 2.30. The first kappa shape index (κ1) is 21.8. The van der Waals surface area contributed by atoms with Gasteiger partial charge in [-0.2, -0.15) is 13.2 Å². The number of sulfonamides is 1. The summed E-state index contributed by atoms with van der Waals surface area (Å²) in [6, 6.07) is 11.4. The number of carbonyl (C=O) groups is 1. The van der Waals surface area contributed by atoms with Crippen LogP contribution in [0.1, 0.15) is 10.4 Å². The Morgan fingerprint density at radius 1 is 1.18 bits per heavy atom. The number of alkyl halides is 3. The van der Waals surface area contributed by atoms with Crippen molar-refractivity contribution in [2.24, 2.45) is 0 Å². The van der Waals surface area contributed by atoms with E-state index in [1.54, 1.807) is 35.6 Å². The number of rotatable bonds is 7. The highest BCUT2D eigenvalue weighted by atomic mass is 35.5. The molecule has 0 saturated carbocycles. The SMILES string of the molecule is C=CCN(c1ccccc1)S(=O)(=O)c1cc(C(=O)NCC(F)(F)F)ccc1Cl. The molecule has 0 atom stereocenters.